The summed E-state index contributed by atoms with van der Waals surface area (Å²) < 4.78 is 16.9. The molecule has 0 rings (SSSR count). The molecule has 466 valence electrons. The maximum absolute atomic E-state index is 12.9. The Labute approximate surface area is 502 Å². The predicted molar refractivity (Wildman–Crippen MR) is 353 cm³/mol. The average Bonchev–Trinajstić information content (AvgIpc) is 3.46. The third-order valence-electron chi connectivity index (χ3n) is 15.0. The molecule has 1 atom stereocenters. The first-order chi connectivity index (χ1) is 40.0. The van der Waals surface area contributed by atoms with E-state index in [0.29, 0.717) is 19.3 Å². The van der Waals surface area contributed by atoms with Gasteiger partial charge in [0.15, 0.2) is 6.10 Å². The van der Waals surface area contributed by atoms with Crippen LogP contribution < -0.4 is 0 Å². The largest absolute Gasteiger partial charge is 0.462 e. The number of hydrogen-bond acceptors (Lipinski definition) is 6. The van der Waals surface area contributed by atoms with Gasteiger partial charge in [-0.2, -0.15) is 0 Å². The highest BCUT2D eigenvalue weighted by atomic mass is 16.6. The first-order valence-corrected chi connectivity index (χ1v) is 34.7. The molecule has 0 saturated heterocycles. The van der Waals surface area contributed by atoms with Crippen molar-refractivity contribution >= 4 is 17.9 Å². The van der Waals surface area contributed by atoms with Crippen LogP contribution in [0.2, 0.25) is 0 Å². The van der Waals surface area contributed by atoms with Crippen LogP contribution in [0.5, 0.6) is 0 Å². The highest BCUT2D eigenvalue weighted by molar-refractivity contribution is 5.71. The van der Waals surface area contributed by atoms with Crippen LogP contribution >= 0.6 is 0 Å². The highest BCUT2D eigenvalue weighted by Crippen LogP contribution is 2.17. The fourth-order valence-corrected chi connectivity index (χ4v) is 9.86. The lowest BCUT2D eigenvalue weighted by Gasteiger charge is -2.18. The summed E-state index contributed by atoms with van der Waals surface area (Å²) in [7, 11) is 0. The first kappa shape index (κ1) is 77.3. The summed E-state index contributed by atoms with van der Waals surface area (Å²) in [5, 5.41) is 0. The molecule has 0 aromatic carbocycles. The summed E-state index contributed by atoms with van der Waals surface area (Å²) in [6, 6.07) is 0. The van der Waals surface area contributed by atoms with Crippen molar-refractivity contribution in [2.75, 3.05) is 13.2 Å². The van der Waals surface area contributed by atoms with Crippen molar-refractivity contribution in [3.8, 4) is 0 Å². The predicted octanol–water partition coefficient (Wildman–Crippen LogP) is 24.0. The first-order valence-electron chi connectivity index (χ1n) is 34.7. The standard InChI is InChI=1S/C75H130O6/c1-4-7-10-13-16-19-22-25-27-29-30-31-32-33-34-35-36-37-38-39-40-41-42-43-44-46-47-50-53-56-59-62-65-68-74(77)80-71-72(70-79-73(76)67-64-61-58-55-52-49-24-21-18-15-12-9-6-3)81-75(78)69-66-63-60-57-54-51-48-45-28-26-23-20-17-14-11-8-5-2/h7,10,12,15-17,19-21,24-28,30-31,72H,4-6,8-9,11,13-14,18,22-23,29,32-71H2,1-3H3/b10-7-,15-12-,19-16-,20-17-,24-21-,27-25-,28-26-,31-30-. The Kier molecular flexibility index (Phi) is 65.7. The van der Waals surface area contributed by atoms with E-state index < -0.39 is 6.10 Å². The van der Waals surface area contributed by atoms with Crippen LogP contribution in [0.4, 0.5) is 0 Å². The molecule has 6 heteroatoms. The summed E-state index contributed by atoms with van der Waals surface area (Å²) in [4.78, 5) is 38.3. The molecule has 0 bridgehead atoms. The van der Waals surface area contributed by atoms with E-state index in [9.17, 15) is 14.4 Å². The van der Waals surface area contributed by atoms with Gasteiger partial charge < -0.3 is 14.2 Å². The topological polar surface area (TPSA) is 78.9 Å². The van der Waals surface area contributed by atoms with Crippen LogP contribution in [0, 0.1) is 0 Å². The van der Waals surface area contributed by atoms with E-state index in [1.54, 1.807) is 0 Å². The number of ether oxygens (including phenoxy) is 3. The quantitative estimate of drug-likeness (QED) is 0.0261. The van der Waals surface area contributed by atoms with Gasteiger partial charge in [-0.25, -0.2) is 0 Å². The van der Waals surface area contributed by atoms with Crippen molar-refractivity contribution in [2.24, 2.45) is 0 Å². The van der Waals surface area contributed by atoms with Gasteiger partial charge in [-0.1, -0.05) is 304 Å². The van der Waals surface area contributed by atoms with Crippen molar-refractivity contribution in [2.45, 2.75) is 348 Å². The number of esters is 3. The lowest BCUT2D eigenvalue weighted by Crippen LogP contribution is -2.30. The Hall–Kier alpha value is -3.67. The molecule has 0 spiro atoms. The van der Waals surface area contributed by atoms with Crippen molar-refractivity contribution in [1.82, 2.24) is 0 Å². The lowest BCUT2D eigenvalue weighted by molar-refractivity contribution is -0.167. The minimum Gasteiger partial charge on any atom is -0.462 e. The Morgan fingerprint density at radius 3 is 0.802 bits per heavy atom. The molecule has 0 aliphatic rings. The van der Waals surface area contributed by atoms with Crippen LogP contribution in [0.1, 0.15) is 342 Å². The molecule has 0 N–H and O–H groups in total. The van der Waals surface area contributed by atoms with Gasteiger partial charge >= 0.3 is 17.9 Å². The zero-order valence-electron chi connectivity index (χ0n) is 53.5. The second kappa shape index (κ2) is 68.8. The van der Waals surface area contributed by atoms with Gasteiger partial charge in [0.2, 0.25) is 0 Å². The minimum atomic E-state index is -0.787. The summed E-state index contributed by atoms with van der Waals surface area (Å²) >= 11 is 0. The SMILES string of the molecule is CC/C=C\C/C=C\C/C=C\C/C=C\CCCCCCCCCCCCCCCCCCCCCCC(=O)OCC(COC(=O)CCCCCCC/C=C\C/C=C\CCC)OC(=O)CCCCCCCCC/C=C\C/C=C\CCCCC. The average molecular weight is 1130 g/mol. The smallest absolute Gasteiger partial charge is 0.306 e. The molecule has 0 aromatic rings. The van der Waals surface area contributed by atoms with Gasteiger partial charge in [-0.15, -0.1) is 0 Å². The molecule has 0 heterocycles. The van der Waals surface area contributed by atoms with Gasteiger partial charge in [-0.05, 0) is 116 Å². The van der Waals surface area contributed by atoms with E-state index in [4.69, 9.17) is 14.2 Å². The molecule has 0 aliphatic carbocycles. The van der Waals surface area contributed by atoms with Gasteiger partial charge in [0.25, 0.3) is 0 Å². The zero-order valence-corrected chi connectivity index (χ0v) is 53.5. The van der Waals surface area contributed by atoms with Crippen LogP contribution in [-0.4, -0.2) is 37.2 Å². The summed E-state index contributed by atoms with van der Waals surface area (Å²) in [6.45, 7) is 6.45. The number of hydrogen-bond donors (Lipinski definition) is 0. The second-order valence-electron chi connectivity index (χ2n) is 23.1. The zero-order chi connectivity index (χ0) is 58.5. The lowest BCUT2D eigenvalue weighted by atomic mass is 10.0. The molecule has 0 aromatic heterocycles. The Bertz CT molecular complexity index is 1580. The molecule has 6 nitrogen and oxygen atoms in total. The summed E-state index contributed by atoms with van der Waals surface area (Å²) in [5.41, 5.74) is 0. The van der Waals surface area contributed by atoms with Crippen LogP contribution in [0.3, 0.4) is 0 Å². The molecule has 0 amide bonds. The minimum absolute atomic E-state index is 0.0818. The van der Waals surface area contributed by atoms with E-state index in [-0.39, 0.29) is 31.1 Å². The second-order valence-corrected chi connectivity index (χ2v) is 23.1. The summed E-state index contributed by atoms with van der Waals surface area (Å²) in [6.07, 6.45) is 93.0. The normalized spacial score (nSPS) is 12.7. The maximum Gasteiger partial charge on any atom is 0.306 e. The Balaban J connectivity index is 4.16. The number of carbonyl (C=O) groups is 3. The maximum atomic E-state index is 12.9. The third-order valence-corrected chi connectivity index (χ3v) is 15.0. The van der Waals surface area contributed by atoms with E-state index >= 15 is 0 Å². The fraction of sp³-hybridized carbons (Fsp3) is 0.747. The van der Waals surface area contributed by atoms with Crippen LogP contribution in [0.25, 0.3) is 0 Å². The molecule has 81 heavy (non-hydrogen) atoms. The summed E-state index contributed by atoms with van der Waals surface area (Å²) in [5.74, 6) is -0.890. The molecule has 0 saturated carbocycles. The van der Waals surface area contributed by atoms with E-state index in [1.165, 1.54) is 180 Å². The fourth-order valence-electron chi connectivity index (χ4n) is 9.86. The molecular formula is C75H130O6. The molecule has 0 aliphatic heterocycles. The Morgan fingerprint density at radius 1 is 0.259 bits per heavy atom. The number of rotatable bonds is 63. The van der Waals surface area contributed by atoms with Crippen LogP contribution in [-0.2, 0) is 28.6 Å². The van der Waals surface area contributed by atoms with E-state index in [0.717, 1.165) is 122 Å². The monoisotopic (exact) mass is 1130 g/mol. The van der Waals surface area contributed by atoms with Gasteiger partial charge in [-0.3, -0.25) is 14.4 Å². The number of allylic oxidation sites excluding steroid dienone is 16. The third kappa shape index (κ3) is 67.0. The molecule has 0 fully saturated rings. The van der Waals surface area contributed by atoms with E-state index in [2.05, 4.69) is 118 Å². The van der Waals surface area contributed by atoms with E-state index in [1.807, 2.05) is 0 Å². The van der Waals surface area contributed by atoms with Gasteiger partial charge in [0, 0.05) is 19.3 Å². The van der Waals surface area contributed by atoms with Crippen LogP contribution in [0.15, 0.2) is 97.2 Å². The van der Waals surface area contributed by atoms with Crippen molar-refractivity contribution in [3.05, 3.63) is 97.2 Å². The highest BCUT2D eigenvalue weighted by Gasteiger charge is 2.19. The van der Waals surface area contributed by atoms with Gasteiger partial charge in [0.1, 0.15) is 13.2 Å². The number of carbonyl (C=O) groups excluding carboxylic acids is 3. The van der Waals surface area contributed by atoms with Crippen molar-refractivity contribution < 1.29 is 28.6 Å². The van der Waals surface area contributed by atoms with Gasteiger partial charge in [0.05, 0.1) is 0 Å². The Morgan fingerprint density at radius 2 is 0.506 bits per heavy atom. The number of unbranched alkanes of at least 4 members (excludes halogenated alkanes) is 36. The molecule has 1 unspecified atom stereocenters. The van der Waals surface area contributed by atoms with Crippen molar-refractivity contribution in [1.29, 1.82) is 0 Å². The molecular weight excluding hydrogens is 997 g/mol. The molecule has 0 radical (unpaired) electrons. The van der Waals surface area contributed by atoms with Crippen molar-refractivity contribution in [3.63, 3.8) is 0 Å².